The third kappa shape index (κ3) is 12.2. The second-order valence-electron chi connectivity index (χ2n) is 8.61. The number of benzene rings is 1. The van der Waals surface area contributed by atoms with Gasteiger partial charge in [0.2, 0.25) is 0 Å². The van der Waals surface area contributed by atoms with E-state index in [1.54, 1.807) is 4.90 Å². The molecule has 0 aromatic heterocycles. The van der Waals surface area contributed by atoms with E-state index in [0.29, 0.717) is 13.1 Å². The van der Waals surface area contributed by atoms with Gasteiger partial charge in [0, 0.05) is 18.7 Å². The van der Waals surface area contributed by atoms with Crippen LogP contribution in [-0.2, 0) is 6.18 Å². The Morgan fingerprint density at radius 3 is 1.74 bits per heavy atom. The number of amides is 1. The normalized spacial score (nSPS) is 11.6. The van der Waals surface area contributed by atoms with Crippen LogP contribution in [0, 0.1) is 0 Å². The molecule has 0 fully saturated rings. The first-order chi connectivity index (χ1) is 14.9. The van der Waals surface area contributed by atoms with Crippen LogP contribution in [0.3, 0.4) is 0 Å². The molecule has 0 atom stereocenters. The fourth-order valence-corrected chi connectivity index (χ4v) is 3.82. The Kier molecular flexibility index (Phi) is 14.3. The Hall–Kier alpha value is -1.52. The summed E-state index contributed by atoms with van der Waals surface area (Å²) < 4.78 is 38.9. The number of hydrogen-bond donors (Lipinski definition) is 0. The van der Waals surface area contributed by atoms with Crippen molar-refractivity contribution in [2.45, 2.75) is 110 Å². The van der Waals surface area contributed by atoms with Crippen LogP contribution in [0.25, 0.3) is 0 Å². The van der Waals surface area contributed by atoms with Crippen LogP contribution in [0.15, 0.2) is 24.3 Å². The van der Waals surface area contributed by atoms with Gasteiger partial charge in [0.1, 0.15) is 0 Å². The summed E-state index contributed by atoms with van der Waals surface area (Å²) in [4.78, 5) is 14.6. The molecule has 31 heavy (non-hydrogen) atoms. The average molecular weight is 442 g/mol. The van der Waals surface area contributed by atoms with Crippen molar-refractivity contribution < 1.29 is 18.0 Å². The summed E-state index contributed by atoms with van der Waals surface area (Å²) in [5.41, 5.74) is -0.635. The van der Waals surface area contributed by atoms with Crippen molar-refractivity contribution >= 4 is 5.91 Å². The zero-order valence-corrected chi connectivity index (χ0v) is 19.6. The predicted octanol–water partition coefficient (Wildman–Crippen LogP) is 8.65. The molecule has 1 rings (SSSR count). The van der Waals surface area contributed by atoms with Crippen LogP contribution in [0.4, 0.5) is 13.2 Å². The van der Waals surface area contributed by atoms with E-state index < -0.39 is 11.7 Å². The fraction of sp³-hybridized carbons (Fsp3) is 0.731. The average Bonchev–Trinajstić information content (AvgIpc) is 2.75. The summed E-state index contributed by atoms with van der Waals surface area (Å²) in [6.07, 6.45) is 12.4. The minimum Gasteiger partial charge on any atom is -0.339 e. The largest absolute Gasteiger partial charge is 0.416 e. The summed E-state index contributed by atoms with van der Waals surface area (Å²) in [6.45, 7) is 5.51. The molecule has 0 unspecified atom stereocenters. The highest BCUT2D eigenvalue weighted by Crippen LogP contribution is 2.29. The zero-order valence-electron chi connectivity index (χ0n) is 19.6. The highest BCUT2D eigenvalue weighted by atomic mass is 19.4. The number of alkyl halides is 3. The first-order valence-electron chi connectivity index (χ1n) is 12.4. The molecule has 1 aromatic rings. The van der Waals surface area contributed by atoms with Crippen molar-refractivity contribution in [3.63, 3.8) is 0 Å². The molecular formula is C26H42F3NO. The lowest BCUT2D eigenvalue weighted by atomic mass is 10.0. The summed E-state index contributed by atoms with van der Waals surface area (Å²) >= 11 is 0. The number of unbranched alkanes of at least 4 members (excludes halogenated alkanes) is 12. The van der Waals surface area contributed by atoms with Gasteiger partial charge in [-0.3, -0.25) is 4.79 Å². The van der Waals surface area contributed by atoms with E-state index in [0.717, 1.165) is 44.2 Å². The summed E-state index contributed by atoms with van der Waals surface area (Å²) in [7, 11) is 0. The quantitative estimate of drug-likeness (QED) is 0.221. The van der Waals surface area contributed by atoms with Gasteiger partial charge < -0.3 is 4.90 Å². The number of carbonyl (C=O) groups is 1. The van der Waals surface area contributed by atoms with Crippen LogP contribution in [0.5, 0.6) is 0 Å². The Morgan fingerprint density at radius 2 is 1.23 bits per heavy atom. The smallest absolute Gasteiger partial charge is 0.339 e. The predicted molar refractivity (Wildman–Crippen MR) is 123 cm³/mol. The van der Waals surface area contributed by atoms with Crippen LogP contribution in [0.2, 0.25) is 0 Å². The maximum Gasteiger partial charge on any atom is 0.416 e. The van der Waals surface area contributed by atoms with E-state index in [1.165, 1.54) is 69.9 Å². The maximum atomic E-state index is 13.0. The lowest BCUT2D eigenvalue weighted by Gasteiger charge is -2.23. The Bertz CT molecular complexity index is 601. The summed E-state index contributed by atoms with van der Waals surface area (Å²) in [6, 6.07) is 4.79. The first kappa shape index (κ1) is 27.5. The monoisotopic (exact) mass is 441 g/mol. The molecule has 178 valence electrons. The minimum absolute atomic E-state index is 0.130. The standard InChI is InChI=1S/C26H42F3NO/c1-3-5-7-8-9-10-11-12-13-14-15-16-21-30(20-6-4-2)25(31)23-18-17-19-24(22-23)26(27,28)29/h17-19,22H,3-16,20-21H2,1-2H3. The van der Waals surface area contributed by atoms with E-state index in [4.69, 9.17) is 0 Å². The van der Waals surface area contributed by atoms with Gasteiger partial charge in [0.05, 0.1) is 5.56 Å². The Morgan fingerprint density at radius 1 is 0.742 bits per heavy atom. The van der Waals surface area contributed by atoms with E-state index in [1.807, 2.05) is 0 Å². The molecule has 0 saturated heterocycles. The maximum absolute atomic E-state index is 13.0. The van der Waals surface area contributed by atoms with E-state index in [2.05, 4.69) is 13.8 Å². The molecule has 0 aliphatic carbocycles. The molecule has 0 saturated carbocycles. The molecule has 0 N–H and O–H groups in total. The number of rotatable bonds is 17. The Balaban J connectivity index is 2.34. The van der Waals surface area contributed by atoms with Gasteiger partial charge in [-0.25, -0.2) is 0 Å². The van der Waals surface area contributed by atoms with Crippen molar-refractivity contribution in [1.29, 1.82) is 0 Å². The van der Waals surface area contributed by atoms with E-state index in [9.17, 15) is 18.0 Å². The van der Waals surface area contributed by atoms with Crippen molar-refractivity contribution in [2.75, 3.05) is 13.1 Å². The van der Waals surface area contributed by atoms with Crippen LogP contribution < -0.4 is 0 Å². The van der Waals surface area contributed by atoms with Gasteiger partial charge in [-0.1, -0.05) is 97.0 Å². The molecule has 0 radical (unpaired) electrons. The molecule has 1 aromatic carbocycles. The summed E-state index contributed by atoms with van der Waals surface area (Å²) in [5.74, 6) is -0.289. The molecule has 1 amide bonds. The van der Waals surface area contributed by atoms with Crippen LogP contribution >= 0.6 is 0 Å². The third-order valence-electron chi connectivity index (χ3n) is 5.79. The number of halogens is 3. The molecule has 5 heteroatoms. The molecule has 0 heterocycles. The van der Waals surface area contributed by atoms with Gasteiger partial charge in [-0.15, -0.1) is 0 Å². The highest BCUT2D eigenvalue weighted by Gasteiger charge is 2.31. The molecular weight excluding hydrogens is 399 g/mol. The molecule has 0 spiro atoms. The molecule has 2 nitrogen and oxygen atoms in total. The third-order valence-corrected chi connectivity index (χ3v) is 5.79. The van der Waals surface area contributed by atoms with Crippen molar-refractivity contribution in [2.24, 2.45) is 0 Å². The lowest BCUT2D eigenvalue weighted by Crippen LogP contribution is -2.33. The minimum atomic E-state index is -4.43. The van der Waals surface area contributed by atoms with Gasteiger partial charge >= 0.3 is 6.18 Å². The van der Waals surface area contributed by atoms with Gasteiger partial charge in [-0.2, -0.15) is 13.2 Å². The van der Waals surface area contributed by atoms with E-state index >= 15 is 0 Å². The van der Waals surface area contributed by atoms with Crippen molar-refractivity contribution in [3.05, 3.63) is 35.4 Å². The number of hydrogen-bond acceptors (Lipinski definition) is 1. The lowest BCUT2D eigenvalue weighted by molar-refractivity contribution is -0.137. The number of carbonyl (C=O) groups excluding carboxylic acids is 1. The second kappa shape index (κ2) is 16.2. The van der Waals surface area contributed by atoms with Crippen molar-refractivity contribution in [1.82, 2.24) is 4.90 Å². The number of nitrogens with zero attached hydrogens (tertiary/aromatic N) is 1. The SMILES string of the molecule is CCCCCCCCCCCCCCN(CCCC)C(=O)c1cccc(C(F)(F)F)c1. The molecule has 0 aliphatic rings. The molecule has 0 bridgehead atoms. The zero-order chi connectivity index (χ0) is 23.0. The van der Waals surface area contributed by atoms with Gasteiger partial charge in [0.25, 0.3) is 5.91 Å². The topological polar surface area (TPSA) is 20.3 Å². The first-order valence-corrected chi connectivity index (χ1v) is 12.4. The highest BCUT2D eigenvalue weighted by molar-refractivity contribution is 5.94. The molecule has 0 aliphatic heterocycles. The van der Waals surface area contributed by atoms with Crippen molar-refractivity contribution in [3.8, 4) is 0 Å². The van der Waals surface area contributed by atoms with Crippen LogP contribution in [0.1, 0.15) is 120 Å². The van der Waals surface area contributed by atoms with Gasteiger partial charge in [0.15, 0.2) is 0 Å². The van der Waals surface area contributed by atoms with Crippen LogP contribution in [-0.4, -0.2) is 23.9 Å². The fourth-order valence-electron chi connectivity index (χ4n) is 3.82. The Labute approximate surface area is 187 Å². The van der Waals surface area contributed by atoms with Gasteiger partial charge in [-0.05, 0) is 31.0 Å². The van der Waals surface area contributed by atoms with E-state index in [-0.39, 0.29) is 11.5 Å². The summed E-state index contributed by atoms with van der Waals surface area (Å²) in [5, 5.41) is 0. The second-order valence-corrected chi connectivity index (χ2v) is 8.61.